The van der Waals surface area contributed by atoms with Gasteiger partial charge < -0.3 is 4.74 Å². The van der Waals surface area contributed by atoms with Crippen molar-refractivity contribution in [1.82, 2.24) is 0 Å². The van der Waals surface area contributed by atoms with E-state index in [4.69, 9.17) is 27.9 Å². The summed E-state index contributed by atoms with van der Waals surface area (Å²) in [4.78, 5) is 0. The molecule has 2 aromatic carbocycles. The zero-order chi connectivity index (χ0) is 13.1. The number of hydrogen-bond donors (Lipinski definition) is 0. The first-order valence-electron chi connectivity index (χ1n) is 5.08. The highest BCUT2D eigenvalue weighted by atomic mass is 79.9. The normalized spacial score (nSPS) is 10.4. The van der Waals surface area contributed by atoms with E-state index in [1.807, 2.05) is 0 Å². The Balaban J connectivity index is 2.40. The Morgan fingerprint density at radius 1 is 1.00 bits per heavy atom. The lowest BCUT2D eigenvalue weighted by Gasteiger charge is -2.11. The first-order valence-corrected chi connectivity index (χ1v) is 6.96. The van der Waals surface area contributed by atoms with Crippen LogP contribution in [-0.4, -0.2) is 0 Å². The van der Waals surface area contributed by atoms with E-state index in [1.54, 1.807) is 24.3 Å². The predicted octanol–water partition coefficient (Wildman–Crippen LogP) is 5.82. The third kappa shape index (κ3) is 2.79. The lowest BCUT2D eigenvalue weighted by molar-refractivity contribution is 0.439. The molecule has 0 aromatic heterocycles. The van der Waals surface area contributed by atoms with E-state index in [0.717, 1.165) is 5.56 Å². The van der Waals surface area contributed by atoms with Crippen LogP contribution >= 0.6 is 39.1 Å². The zero-order valence-electron chi connectivity index (χ0n) is 9.09. The molecular formula is C13H8BrCl2FO. The molecule has 0 fully saturated rings. The van der Waals surface area contributed by atoms with Gasteiger partial charge in [-0.1, -0.05) is 51.3 Å². The van der Waals surface area contributed by atoms with Crippen molar-refractivity contribution in [2.24, 2.45) is 0 Å². The standard InChI is InChI=1S/C13H8BrCl2FO/c14-7-8-9(15)3-1-5-11(8)18-12-6-2-4-10(16)13(12)17/h1-6H,7H2. The summed E-state index contributed by atoms with van der Waals surface area (Å²) < 4.78 is 19.2. The van der Waals surface area contributed by atoms with Crippen LogP contribution < -0.4 is 4.74 Å². The maximum Gasteiger partial charge on any atom is 0.184 e. The number of benzene rings is 2. The maximum absolute atomic E-state index is 13.7. The van der Waals surface area contributed by atoms with Crippen molar-refractivity contribution in [2.45, 2.75) is 5.33 Å². The minimum absolute atomic E-state index is 0.0231. The maximum atomic E-state index is 13.7. The summed E-state index contributed by atoms with van der Waals surface area (Å²) >= 11 is 15.1. The molecule has 0 atom stereocenters. The molecule has 18 heavy (non-hydrogen) atoms. The van der Waals surface area contributed by atoms with Gasteiger partial charge in [-0.05, 0) is 24.3 Å². The molecule has 0 heterocycles. The molecule has 0 spiro atoms. The molecule has 0 saturated heterocycles. The molecule has 0 aliphatic heterocycles. The monoisotopic (exact) mass is 348 g/mol. The van der Waals surface area contributed by atoms with Gasteiger partial charge in [0.2, 0.25) is 0 Å². The topological polar surface area (TPSA) is 9.23 Å². The second-order valence-corrected chi connectivity index (χ2v) is 4.88. The number of hydrogen-bond acceptors (Lipinski definition) is 1. The molecule has 0 saturated carbocycles. The average Bonchev–Trinajstić information content (AvgIpc) is 2.35. The summed E-state index contributed by atoms with van der Waals surface area (Å²) in [5.74, 6) is -0.00725. The molecular weight excluding hydrogens is 342 g/mol. The van der Waals surface area contributed by atoms with Crippen LogP contribution in [0.1, 0.15) is 5.56 Å². The van der Waals surface area contributed by atoms with E-state index in [1.165, 1.54) is 12.1 Å². The summed E-state index contributed by atoms with van der Waals surface area (Å²) in [6.45, 7) is 0. The van der Waals surface area contributed by atoms with Gasteiger partial charge in [0.1, 0.15) is 5.75 Å². The van der Waals surface area contributed by atoms with Crippen LogP contribution in [-0.2, 0) is 5.33 Å². The van der Waals surface area contributed by atoms with E-state index >= 15 is 0 Å². The molecule has 0 N–H and O–H groups in total. The van der Waals surface area contributed by atoms with Crippen LogP contribution in [0.4, 0.5) is 4.39 Å². The largest absolute Gasteiger partial charge is 0.454 e. The Hall–Kier alpha value is -0.770. The second kappa shape index (κ2) is 5.91. The fourth-order valence-corrected chi connectivity index (χ4v) is 2.58. The molecule has 1 nitrogen and oxygen atoms in total. The predicted molar refractivity (Wildman–Crippen MR) is 75.6 cm³/mol. The Kier molecular flexibility index (Phi) is 4.49. The third-order valence-electron chi connectivity index (χ3n) is 2.35. The van der Waals surface area contributed by atoms with Gasteiger partial charge in [-0.2, -0.15) is 0 Å². The molecule has 0 unspecified atom stereocenters. The van der Waals surface area contributed by atoms with Crippen LogP contribution in [0.3, 0.4) is 0 Å². The van der Waals surface area contributed by atoms with Crippen LogP contribution in [0.2, 0.25) is 10.0 Å². The van der Waals surface area contributed by atoms with E-state index in [-0.39, 0.29) is 10.8 Å². The van der Waals surface area contributed by atoms with Crippen molar-refractivity contribution >= 4 is 39.1 Å². The molecule has 0 aliphatic rings. The van der Waals surface area contributed by atoms with Gasteiger partial charge >= 0.3 is 0 Å². The van der Waals surface area contributed by atoms with Crippen molar-refractivity contribution < 1.29 is 9.13 Å². The SMILES string of the molecule is Fc1c(Cl)cccc1Oc1cccc(Cl)c1CBr. The van der Waals surface area contributed by atoms with Gasteiger partial charge in [-0.3, -0.25) is 0 Å². The lowest BCUT2D eigenvalue weighted by Crippen LogP contribution is -1.93. The summed E-state index contributed by atoms with van der Waals surface area (Å²) in [6.07, 6.45) is 0. The van der Waals surface area contributed by atoms with Crippen molar-refractivity contribution in [3.8, 4) is 11.5 Å². The summed E-state index contributed by atoms with van der Waals surface area (Å²) in [5.41, 5.74) is 0.763. The number of ether oxygens (including phenoxy) is 1. The fraction of sp³-hybridized carbons (Fsp3) is 0.0769. The van der Waals surface area contributed by atoms with Crippen molar-refractivity contribution in [2.75, 3.05) is 0 Å². The fourth-order valence-electron chi connectivity index (χ4n) is 1.45. The molecule has 2 aromatic rings. The van der Waals surface area contributed by atoms with Crippen molar-refractivity contribution in [1.29, 1.82) is 0 Å². The third-order valence-corrected chi connectivity index (χ3v) is 3.55. The number of halogens is 4. The lowest BCUT2D eigenvalue weighted by atomic mass is 10.2. The molecule has 0 bridgehead atoms. The molecule has 94 valence electrons. The molecule has 0 radical (unpaired) electrons. The molecule has 2 rings (SSSR count). The zero-order valence-corrected chi connectivity index (χ0v) is 12.2. The Morgan fingerprint density at radius 2 is 1.61 bits per heavy atom. The van der Waals surface area contributed by atoms with Crippen LogP contribution in [0.15, 0.2) is 36.4 Å². The molecule has 5 heteroatoms. The summed E-state index contributed by atoms with van der Waals surface area (Å²) in [5, 5.41) is 1.10. The second-order valence-electron chi connectivity index (χ2n) is 3.50. The van der Waals surface area contributed by atoms with E-state index in [9.17, 15) is 4.39 Å². The highest BCUT2D eigenvalue weighted by Crippen LogP contribution is 2.34. The molecule has 0 aliphatic carbocycles. The Bertz CT molecular complexity index is 575. The Morgan fingerprint density at radius 3 is 2.28 bits per heavy atom. The number of rotatable bonds is 3. The first kappa shape index (κ1) is 13.7. The van der Waals surface area contributed by atoms with Gasteiger partial charge in [0.25, 0.3) is 0 Å². The minimum atomic E-state index is -0.584. The van der Waals surface area contributed by atoms with Crippen molar-refractivity contribution in [3.05, 3.63) is 57.8 Å². The minimum Gasteiger partial charge on any atom is -0.454 e. The van der Waals surface area contributed by atoms with Gasteiger partial charge in [-0.25, -0.2) is 4.39 Å². The van der Waals surface area contributed by atoms with E-state index in [2.05, 4.69) is 15.9 Å². The number of alkyl halides is 1. The summed E-state index contributed by atoms with van der Waals surface area (Å²) in [6, 6.07) is 9.82. The van der Waals surface area contributed by atoms with E-state index < -0.39 is 5.82 Å². The van der Waals surface area contributed by atoms with Gasteiger partial charge in [0.05, 0.1) is 5.02 Å². The van der Waals surface area contributed by atoms with Crippen LogP contribution in [0, 0.1) is 5.82 Å². The van der Waals surface area contributed by atoms with E-state index in [0.29, 0.717) is 16.1 Å². The van der Waals surface area contributed by atoms with Gasteiger partial charge in [-0.15, -0.1) is 0 Å². The van der Waals surface area contributed by atoms with Crippen LogP contribution in [0.5, 0.6) is 11.5 Å². The quantitative estimate of drug-likeness (QED) is 0.634. The molecule has 0 amide bonds. The van der Waals surface area contributed by atoms with Gasteiger partial charge in [0.15, 0.2) is 11.6 Å². The highest BCUT2D eigenvalue weighted by Gasteiger charge is 2.12. The smallest absolute Gasteiger partial charge is 0.184 e. The average molecular weight is 350 g/mol. The van der Waals surface area contributed by atoms with Crippen molar-refractivity contribution in [3.63, 3.8) is 0 Å². The van der Waals surface area contributed by atoms with Crippen LogP contribution in [0.25, 0.3) is 0 Å². The van der Waals surface area contributed by atoms with Gasteiger partial charge in [0, 0.05) is 15.9 Å². The Labute approximate surface area is 123 Å². The highest BCUT2D eigenvalue weighted by molar-refractivity contribution is 9.08. The first-order chi connectivity index (χ1) is 8.63. The summed E-state index contributed by atoms with van der Waals surface area (Å²) in [7, 11) is 0.